The van der Waals surface area contributed by atoms with Gasteiger partial charge in [-0.05, 0) is 79.7 Å². The summed E-state index contributed by atoms with van der Waals surface area (Å²) in [6.45, 7) is 2.62. The fraction of sp³-hybridized carbons (Fsp3) is 0.500. The Kier molecular flexibility index (Phi) is 5.47. The van der Waals surface area contributed by atoms with Gasteiger partial charge in [-0.3, -0.25) is 9.69 Å². The number of amides is 1. The van der Waals surface area contributed by atoms with Gasteiger partial charge < -0.3 is 10.2 Å². The normalized spacial score (nSPS) is 26.8. The standard InChI is InChI=1S/C26H31N3O.ClH/c30-25-26(29(18-27-25)21-9-2-1-3-10-21)14-16-28(17-15-26)23-13-12-20-7-4-6-19-8-5-11-22(23)24(19)20;/h1-3,5,8-11,20,23H,4,6-7,12-18H2,(H,27,30);1H. The van der Waals surface area contributed by atoms with Gasteiger partial charge in [0.2, 0.25) is 5.91 Å². The number of carbonyl (C=O) groups excluding carboxylic acids is 1. The monoisotopic (exact) mass is 437 g/mol. The lowest BCUT2D eigenvalue weighted by molar-refractivity contribution is -0.125. The van der Waals surface area contributed by atoms with Crippen molar-refractivity contribution >= 4 is 24.0 Å². The second kappa shape index (κ2) is 8.14. The molecule has 2 aromatic rings. The number of rotatable bonds is 2. The highest BCUT2D eigenvalue weighted by Gasteiger charge is 2.51. The molecule has 1 amide bonds. The maximum absolute atomic E-state index is 13.0. The molecule has 2 heterocycles. The quantitative estimate of drug-likeness (QED) is 0.733. The second-order valence-electron chi connectivity index (χ2n) is 9.60. The van der Waals surface area contributed by atoms with Crippen molar-refractivity contribution in [1.82, 2.24) is 10.2 Å². The second-order valence-corrected chi connectivity index (χ2v) is 9.60. The van der Waals surface area contributed by atoms with Crippen molar-refractivity contribution in [2.24, 2.45) is 0 Å². The topological polar surface area (TPSA) is 35.6 Å². The van der Waals surface area contributed by atoms with Gasteiger partial charge in [0, 0.05) is 24.8 Å². The Morgan fingerprint density at radius 2 is 1.74 bits per heavy atom. The summed E-state index contributed by atoms with van der Waals surface area (Å²) >= 11 is 0. The number of halogens is 1. The van der Waals surface area contributed by atoms with Gasteiger partial charge in [-0.1, -0.05) is 36.4 Å². The van der Waals surface area contributed by atoms with E-state index in [1.54, 1.807) is 16.7 Å². The molecule has 4 nitrogen and oxygen atoms in total. The number of nitrogens with zero attached hydrogens (tertiary/aromatic N) is 2. The average Bonchev–Trinajstić information content (AvgIpc) is 3.11. The number of hydrogen-bond donors (Lipinski definition) is 1. The van der Waals surface area contributed by atoms with E-state index in [0.717, 1.165) is 37.5 Å². The van der Waals surface area contributed by atoms with Crippen LogP contribution in [0.2, 0.25) is 0 Å². The van der Waals surface area contributed by atoms with Crippen molar-refractivity contribution in [3.63, 3.8) is 0 Å². The van der Waals surface area contributed by atoms with Crippen molar-refractivity contribution in [1.29, 1.82) is 0 Å². The van der Waals surface area contributed by atoms with Crippen molar-refractivity contribution in [3.8, 4) is 0 Å². The molecule has 2 fully saturated rings. The first-order chi connectivity index (χ1) is 14.8. The molecule has 6 rings (SSSR count). The Hall–Kier alpha value is -2.04. The molecule has 2 aromatic carbocycles. The Balaban J connectivity index is 0.00000204. The highest BCUT2D eigenvalue weighted by Crippen LogP contribution is 2.48. The van der Waals surface area contributed by atoms with Crippen LogP contribution in [0.15, 0.2) is 48.5 Å². The lowest BCUT2D eigenvalue weighted by Gasteiger charge is -2.47. The van der Waals surface area contributed by atoms with Gasteiger partial charge in [0.15, 0.2) is 0 Å². The van der Waals surface area contributed by atoms with E-state index in [-0.39, 0.29) is 23.9 Å². The first-order valence-corrected chi connectivity index (χ1v) is 11.7. The molecule has 2 aliphatic carbocycles. The van der Waals surface area contributed by atoms with Crippen LogP contribution in [0.5, 0.6) is 0 Å². The minimum Gasteiger partial charge on any atom is -0.339 e. The number of likely N-dealkylation sites (tertiary alicyclic amines) is 1. The minimum atomic E-state index is -0.384. The molecule has 2 aliphatic heterocycles. The van der Waals surface area contributed by atoms with E-state index in [0.29, 0.717) is 12.7 Å². The van der Waals surface area contributed by atoms with E-state index >= 15 is 0 Å². The van der Waals surface area contributed by atoms with Crippen LogP contribution in [0, 0.1) is 0 Å². The first-order valence-electron chi connectivity index (χ1n) is 11.7. The van der Waals surface area contributed by atoms with E-state index in [4.69, 9.17) is 0 Å². The smallest absolute Gasteiger partial charge is 0.247 e. The van der Waals surface area contributed by atoms with E-state index in [9.17, 15) is 4.79 Å². The fourth-order valence-corrected chi connectivity index (χ4v) is 6.74. The average molecular weight is 438 g/mol. The summed E-state index contributed by atoms with van der Waals surface area (Å²) in [6, 6.07) is 18.0. The number of aryl methyl sites for hydroxylation is 1. The zero-order valence-electron chi connectivity index (χ0n) is 18.1. The molecule has 1 spiro atoms. The number of anilines is 1. The van der Waals surface area contributed by atoms with Crippen LogP contribution in [0.25, 0.3) is 0 Å². The largest absolute Gasteiger partial charge is 0.339 e. The molecule has 2 unspecified atom stereocenters. The van der Waals surface area contributed by atoms with Crippen molar-refractivity contribution in [2.45, 2.75) is 62.4 Å². The van der Waals surface area contributed by atoms with Crippen LogP contribution in [-0.4, -0.2) is 36.1 Å². The summed E-state index contributed by atoms with van der Waals surface area (Å²) in [6.07, 6.45) is 8.37. The minimum absolute atomic E-state index is 0. The summed E-state index contributed by atoms with van der Waals surface area (Å²) in [4.78, 5) is 18.0. The molecule has 2 atom stereocenters. The van der Waals surface area contributed by atoms with Gasteiger partial charge in [-0.2, -0.15) is 0 Å². The van der Waals surface area contributed by atoms with Crippen molar-refractivity contribution in [2.75, 3.05) is 24.7 Å². The van der Waals surface area contributed by atoms with Crippen LogP contribution in [0.3, 0.4) is 0 Å². The Labute approximate surface area is 191 Å². The number of nitrogens with one attached hydrogen (secondary N) is 1. The summed E-state index contributed by atoms with van der Waals surface area (Å²) in [5.74, 6) is 0.998. The van der Waals surface area contributed by atoms with E-state index in [1.807, 2.05) is 6.07 Å². The van der Waals surface area contributed by atoms with Crippen molar-refractivity contribution < 1.29 is 4.79 Å². The van der Waals surface area contributed by atoms with Gasteiger partial charge in [-0.25, -0.2) is 0 Å². The molecule has 2 saturated heterocycles. The third-order valence-electron chi connectivity index (χ3n) is 8.26. The molecule has 0 bridgehead atoms. The predicted molar refractivity (Wildman–Crippen MR) is 127 cm³/mol. The van der Waals surface area contributed by atoms with Gasteiger partial charge in [0.1, 0.15) is 5.54 Å². The zero-order chi connectivity index (χ0) is 20.1. The molecular weight excluding hydrogens is 406 g/mol. The first kappa shape index (κ1) is 20.8. The van der Waals surface area contributed by atoms with E-state index < -0.39 is 0 Å². The highest BCUT2D eigenvalue weighted by molar-refractivity contribution is 5.93. The molecular formula is C26H32ClN3O. The maximum Gasteiger partial charge on any atom is 0.247 e. The number of hydrogen-bond acceptors (Lipinski definition) is 3. The molecule has 1 N–H and O–H groups in total. The van der Waals surface area contributed by atoms with Gasteiger partial charge >= 0.3 is 0 Å². The van der Waals surface area contributed by atoms with Gasteiger partial charge in [0.25, 0.3) is 0 Å². The number of benzene rings is 2. The van der Waals surface area contributed by atoms with Crippen molar-refractivity contribution in [3.05, 3.63) is 65.2 Å². The Morgan fingerprint density at radius 1 is 0.935 bits per heavy atom. The van der Waals surface area contributed by atoms with Crippen LogP contribution in [-0.2, 0) is 11.2 Å². The Bertz CT molecular complexity index is 954. The third-order valence-corrected chi connectivity index (χ3v) is 8.26. The predicted octanol–water partition coefficient (Wildman–Crippen LogP) is 4.79. The fourth-order valence-electron chi connectivity index (χ4n) is 6.74. The third kappa shape index (κ3) is 3.27. The van der Waals surface area contributed by atoms with E-state index in [2.05, 4.69) is 57.6 Å². The lowest BCUT2D eigenvalue weighted by atomic mass is 9.71. The van der Waals surface area contributed by atoms with Crippen LogP contribution in [0.4, 0.5) is 5.69 Å². The van der Waals surface area contributed by atoms with Crippen LogP contribution in [0.1, 0.15) is 67.2 Å². The number of para-hydroxylation sites is 1. The van der Waals surface area contributed by atoms with Gasteiger partial charge in [-0.15, -0.1) is 12.4 Å². The zero-order valence-corrected chi connectivity index (χ0v) is 18.9. The highest BCUT2D eigenvalue weighted by atomic mass is 35.5. The summed E-state index contributed by atoms with van der Waals surface area (Å²) in [5.41, 5.74) is 5.65. The number of piperidine rings is 1. The maximum atomic E-state index is 13.0. The molecule has 164 valence electrons. The molecule has 5 heteroatoms. The van der Waals surface area contributed by atoms with Crippen LogP contribution >= 0.6 is 12.4 Å². The van der Waals surface area contributed by atoms with Crippen LogP contribution < -0.4 is 10.2 Å². The molecule has 0 aromatic heterocycles. The lowest BCUT2D eigenvalue weighted by Crippen LogP contribution is -2.57. The summed E-state index contributed by atoms with van der Waals surface area (Å²) < 4.78 is 0. The SMILES string of the molecule is Cl.O=C1NCN(c2ccccc2)C12CCN(C1CCC3CCCc4cccc1c43)CC2. The Morgan fingerprint density at radius 3 is 2.55 bits per heavy atom. The van der Waals surface area contributed by atoms with Gasteiger partial charge in [0.05, 0.1) is 6.67 Å². The summed E-state index contributed by atoms with van der Waals surface area (Å²) in [7, 11) is 0. The number of carbonyl (C=O) groups is 1. The molecule has 31 heavy (non-hydrogen) atoms. The summed E-state index contributed by atoms with van der Waals surface area (Å²) in [5, 5.41) is 3.14. The molecule has 0 saturated carbocycles. The molecule has 4 aliphatic rings. The molecule has 0 radical (unpaired) electrons. The van der Waals surface area contributed by atoms with E-state index in [1.165, 1.54) is 32.1 Å².